The monoisotopic (exact) mass is 214 g/mol. The smallest absolute Gasteiger partial charge is 0.143 e. The van der Waals surface area contributed by atoms with Gasteiger partial charge in [-0.05, 0) is 32.2 Å². The molecule has 82 valence electrons. The van der Waals surface area contributed by atoms with Crippen LogP contribution in [0.2, 0.25) is 0 Å². The molecule has 0 fully saturated rings. The standard InChI is InChI=1S/C12H14N4/c1-9-7-11(10-3-5-14-6-4-10)16-12(15-9)8-13-2/h3-7,13H,8H2,1-2H3. The summed E-state index contributed by atoms with van der Waals surface area (Å²) in [7, 11) is 1.89. The van der Waals surface area contributed by atoms with Crippen molar-refractivity contribution in [3.63, 3.8) is 0 Å². The Bertz CT molecular complexity index is 468. The first-order valence-corrected chi connectivity index (χ1v) is 5.19. The molecule has 0 amide bonds. The SMILES string of the molecule is CNCc1nc(C)cc(-c2ccncc2)n1. The zero-order valence-electron chi connectivity index (χ0n) is 9.44. The largest absolute Gasteiger partial charge is 0.313 e. The Hall–Kier alpha value is -1.81. The lowest BCUT2D eigenvalue weighted by molar-refractivity contribution is 0.754. The molecule has 0 spiro atoms. The van der Waals surface area contributed by atoms with Crippen molar-refractivity contribution in [2.45, 2.75) is 13.5 Å². The Morgan fingerprint density at radius 3 is 2.62 bits per heavy atom. The van der Waals surface area contributed by atoms with Crippen molar-refractivity contribution in [1.82, 2.24) is 20.3 Å². The summed E-state index contributed by atoms with van der Waals surface area (Å²) in [6.07, 6.45) is 3.54. The lowest BCUT2D eigenvalue weighted by Crippen LogP contribution is -2.10. The van der Waals surface area contributed by atoms with Gasteiger partial charge in [0.2, 0.25) is 0 Å². The van der Waals surface area contributed by atoms with Crippen molar-refractivity contribution in [3.8, 4) is 11.3 Å². The molecular weight excluding hydrogens is 200 g/mol. The van der Waals surface area contributed by atoms with E-state index in [0.29, 0.717) is 6.54 Å². The number of pyridine rings is 1. The number of hydrogen-bond acceptors (Lipinski definition) is 4. The van der Waals surface area contributed by atoms with Crippen LogP contribution < -0.4 is 5.32 Å². The molecular formula is C12H14N4. The minimum atomic E-state index is 0.680. The van der Waals surface area contributed by atoms with Gasteiger partial charge in [0, 0.05) is 23.7 Å². The first kappa shape index (κ1) is 10.7. The molecule has 0 radical (unpaired) electrons. The summed E-state index contributed by atoms with van der Waals surface area (Å²) in [6, 6.07) is 5.88. The van der Waals surface area contributed by atoms with Gasteiger partial charge in [-0.25, -0.2) is 9.97 Å². The topological polar surface area (TPSA) is 50.7 Å². The van der Waals surface area contributed by atoms with Crippen molar-refractivity contribution in [1.29, 1.82) is 0 Å². The van der Waals surface area contributed by atoms with Gasteiger partial charge in [0.1, 0.15) is 5.82 Å². The van der Waals surface area contributed by atoms with Gasteiger partial charge in [-0.15, -0.1) is 0 Å². The van der Waals surface area contributed by atoms with E-state index in [-0.39, 0.29) is 0 Å². The number of aryl methyl sites for hydroxylation is 1. The van der Waals surface area contributed by atoms with Crippen LogP contribution in [0.4, 0.5) is 0 Å². The van der Waals surface area contributed by atoms with Crippen molar-refractivity contribution >= 4 is 0 Å². The van der Waals surface area contributed by atoms with Crippen LogP contribution in [0.3, 0.4) is 0 Å². The molecule has 2 rings (SSSR count). The van der Waals surface area contributed by atoms with Crippen LogP contribution >= 0.6 is 0 Å². The zero-order valence-corrected chi connectivity index (χ0v) is 9.44. The molecule has 1 N–H and O–H groups in total. The third kappa shape index (κ3) is 2.41. The van der Waals surface area contributed by atoms with Gasteiger partial charge < -0.3 is 5.32 Å². The fourth-order valence-electron chi connectivity index (χ4n) is 1.54. The average Bonchev–Trinajstić information content (AvgIpc) is 2.30. The van der Waals surface area contributed by atoms with Gasteiger partial charge in [0.25, 0.3) is 0 Å². The van der Waals surface area contributed by atoms with Crippen LogP contribution in [0.15, 0.2) is 30.6 Å². The molecule has 2 aromatic heterocycles. The van der Waals surface area contributed by atoms with Gasteiger partial charge in [-0.3, -0.25) is 4.98 Å². The van der Waals surface area contributed by atoms with E-state index in [9.17, 15) is 0 Å². The first-order chi connectivity index (χ1) is 7.79. The molecule has 2 heterocycles. The fraction of sp³-hybridized carbons (Fsp3) is 0.250. The van der Waals surface area contributed by atoms with E-state index in [4.69, 9.17) is 0 Å². The van der Waals surface area contributed by atoms with E-state index in [0.717, 1.165) is 22.8 Å². The quantitative estimate of drug-likeness (QED) is 0.842. The molecule has 0 aliphatic carbocycles. The highest BCUT2D eigenvalue weighted by Gasteiger charge is 2.03. The number of nitrogens with one attached hydrogen (secondary N) is 1. The van der Waals surface area contributed by atoms with Crippen molar-refractivity contribution in [2.75, 3.05) is 7.05 Å². The van der Waals surface area contributed by atoms with Crippen LogP contribution in [0.5, 0.6) is 0 Å². The molecule has 0 saturated carbocycles. The summed E-state index contributed by atoms with van der Waals surface area (Å²) >= 11 is 0. The summed E-state index contributed by atoms with van der Waals surface area (Å²) < 4.78 is 0. The third-order valence-electron chi connectivity index (χ3n) is 2.21. The van der Waals surface area contributed by atoms with Gasteiger partial charge in [-0.1, -0.05) is 0 Å². The van der Waals surface area contributed by atoms with E-state index in [1.54, 1.807) is 12.4 Å². The maximum atomic E-state index is 4.49. The van der Waals surface area contributed by atoms with E-state index in [1.165, 1.54) is 0 Å². The highest BCUT2D eigenvalue weighted by molar-refractivity contribution is 5.58. The molecule has 0 aromatic carbocycles. The minimum absolute atomic E-state index is 0.680. The molecule has 0 bridgehead atoms. The predicted octanol–water partition coefficient (Wildman–Crippen LogP) is 1.57. The lowest BCUT2D eigenvalue weighted by Gasteiger charge is -2.05. The Morgan fingerprint density at radius 2 is 1.94 bits per heavy atom. The van der Waals surface area contributed by atoms with Crippen LogP contribution in [-0.2, 0) is 6.54 Å². The van der Waals surface area contributed by atoms with Crippen LogP contribution in [0.25, 0.3) is 11.3 Å². The molecule has 0 atom stereocenters. The maximum Gasteiger partial charge on any atom is 0.143 e. The van der Waals surface area contributed by atoms with Gasteiger partial charge in [0.05, 0.1) is 12.2 Å². The molecule has 4 nitrogen and oxygen atoms in total. The van der Waals surface area contributed by atoms with Crippen molar-refractivity contribution in [2.24, 2.45) is 0 Å². The van der Waals surface area contributed by atoms with Crippen LogP contribution in [-0.4, -0.2) is 22.0 Å². The van der Waals surface area contributed by atoms with E-state index in [2.05, 4.69) is 20.3 Å². The second kappa shape index (κ2) is 4.81. The Kier molecular flexibility index (Phi) is 3.22. The maximum absolute atomic E-state index is 4.49. The molecule has 0 saturated heterocycles. The molecule has 0 unspecified atom stereocenters. The summed E-state index contributed by atoms with van der Waals surface area (Å²) in [6.45, 7) is 2.66. The Labute approximate surface area is 94.8 Å². The molecule has 2 aromatic rings. The van der Waals surface area contributed by atoms with Crippen LogP contribution in [0.1, 0.15) is 11.5 Å². The van der Waals surface area contributed by atoms with Gasteiger partial charge >= 0.3 is 0 Å². The van der Waals surface area contributed by atoms with Crippen molar-refractivity contribution in [3.05, 3.63) is 42.1 Å². The molecule has 4 heteroatoms. The number of aromatic nitrogens is 3. The molecule has 0 aliphatic rings. The van der Waals surface area contributed by atoms with E-state index < -0.39 is 0 Å². The lowest BCUT2D eigenvalue weighted by atomic mass is 10.2. The van der Waals surface area contributed by atoms with Crippen molar-refractivity contribution < 1.29 is 0 Å². The Balaban J connectivity index is 2.41. The summed E-state index contributed by atoms with van der Waals surface area (Å²) in [5, 5.41) is 3.05. The number of rotatable bonds is 3. The normalized spacial score (nSPS) is 10.4. The second-order valence-electron chi connectivity index (χ2n) is 3.58. The zero-order chi connectivity index (χ0) is 11.4. The summed E-state index contributed by atoms with van der Waals surface area (Å²) in [5.41, 5.74) is 2.99. The van der Waals surface area contributed by atoms with Crippen LogP contribution in [0, 0.1) is 6.92 Å². The highest BCUT2D eigenvalue weighted by atomic mass is 15.0. The van der Waals surface area contributed by atoms with Gasteiger partial charge in [-0.2, -0.15) is 0 Å². The second-order valence-corrected chi connectivity index (χ2v) is 3.58. The average molecular weight is 214 g/mol. The first-order valence-electron chi connectivity index (χ1n) is 5.19. The molecule has 16 heavy (non-hydrogen) atoms. The summed E-state index contributed by atoms with van der Waals surface area (Å²) in [5.74, 6) is 0.814. The minimum Gasteiger partial charge on any atom is -0.313 e. The van der Waals surface area contributed by atoms with E-state index >= 15 is 0 Å². The van der Waals surface area contributed by atoms with E-state index in [1.807, 2.05) is 32.2 Å². The fourth-order valence-corrected chi connectivity index (χ4v) is 1.54. The Morgan fingerprint density at radius 1 is 1.19 bits per heavy atom. The highest BCUT2D eigenvalue weighted by Crippen LogP contribution is 2.16. The van der Waals surface area contributed by atoms with Gasteiger partial charge in [0.15, 0.2) is 0 Å². The number of nitrogens with zero attached hydrogens (tertiary/aromatic N) is 3. The molecule has 0 aliphatic heterocycles. The number of hydrogen-bond donors (Lipinski definition) is 1. The summed E-state index contributed by atoms with van der Waals surface area (Å²) in [4.78, 5) is 12.8. The predicted molar refractivity (Wildman–Crippen MR) is 62.8 cm³/mol. The third-order valence-corrected chi connectivity index (χ3v) is 2.21.